The van der Waals surface area contributed by atoms with Crippen molar-refractivity contribution in [3.8, 4) is 0 Å². The van der Waals surface area contributed by atoms with Gasteiger partial charge in [-0.25, -0.2) is 0 Å². The van der Waals surface area contributed by atoms with Crippen molar-refractivity contribution in [1.82, 2.24) is 4.98 Å². The molecule has 0 amide bonds. The van der Waals surface area contributed by atoms with Gasteiger partial charge < -0.3 is 0 Å². The van der Waals surface area contributed by atoms with Gasteiger partial charge in [-0.3, -0.25) is 4.98 Å². The van der Waals surface area contributed by atoms with Gasteiger partial charge in [0.25, 0.3) is 0 Å². The molecule has 0 unspecified atom stereocenters. The molecule has 3 rings (SSSR count). The van der Waals surface area contributed by atoms with E-state index in [1.165, 1.54) is 27.1 Å². The van der Waals surface area contributed by atoms with Crippen LogP contribution in [0, 0.1) is 13.8 Å². The number of rotatable bonds is 0. The van der Waals surface area contributed by atoms with Crippen molar-refractivity contribution in [2.24, 2.45) is 0 Å². The van der Waals surface area contributed by atoms with Gasteiger partial charge in [-0.15, -0.1) is 0 Å². The number of fused-ring (bicyclic) bond motifs is 2. The summed E-state index contributed by atoms with van der Waals surface area (Å²) in [5, 5.41) is 5.06. The molecule has 0 atom stereocenters. The zero-order valence-electron chi connectivity index (χ0n) is 9.49. The van der Waals surface area contributed by atoms with Gasteiger partial charge in [0, 0.05) is 17.3 Å². The SMILES string of the molecule is Cc1ccc2cc3cc(C)ncc3cc2c1. The summed E-state index contributed by atoms with van der Waals surface area (Å²) in [5.74, 6) is 0. The van der Waals surface area contributed by atoms with Gasteiger partial charge in [-0.05, 0) is 48.2 Å². The molecule has 1 nitrogen and oxygen atoms in total. The van der Waals surface area contributed by atoms with E-state index in [1.54, 1.807) is 0 Å². The lowest BCUT2D eigenvalue weighted by atomic mass is 10.0. The maximum Gasteiger partial charge on any atom is 0.0379 e. The van der Waals surface area contributed by atoms with Crippen LogP contribution in [-0.2, 0) is 0 Å². The first-order chi connectivity index (χ1) is 7.72. The minimum absolute atomic E-state index is 1.07. The summed E-state index contributed by atoms with van der Waals surface area (Å²) in [6.07, 6.45) is 1.95. The fourth-order valence-electron chi connectivity index (χ4n) is 2.12. The zero-order chi connectivity index (χ0) is 11.1. The van der Waals surface area contributed by atoms with E-state index in [4.69, 9.17) is 0 Å². The smallest absolute Gasteiger partial charge is 0.0379 e. The minimum atomic E-state index is 1.07. The summed E-state index contributed by atoms with van der Waals surface area (Å²) >= 11 is 0. The molecule has 0 aliphatic heterocycles. The number of pyridine rings is 1. The van der Waals surface area contributed by atoms with Crippen LogP contribution in [0.4, 0.5) is 0 Å². The maximum absolute atomic E-state index is 4.34. The molecule has 2 aromatic carbocycles. The van der Waals surface area contributed by atoms with Crippen LogP contribution in [0.3, 0.4) is 0 Å². The number of hydrogen-bond donors (Lipinski definition) is 0. The summed E-state index contributed by atoms with van der Waals surface area (Å²) in [4.78, 5) is 4.34. The van der Waals surface area contributed by atoms with Crippen molar-refractivity contribution in [2.45, 2.75) is 13.8 Å². The van der Waals surface area contributed by atoms with Crippen molar-refractivity contribution in [3.63, 3.8) is 0 Å². The highest BCUT2D eigenvalue weighted by molar-refractivity contribution is 5.98. The Kier molecular flexibility index (Phi) is 1.93. The molecule has 0 radical (unpaired) electrons. The zero-order valence-corrected chi connectivity index (χ0v) is 9.49. The molecule has 0 N–H and O–H groups in total. The maximum atomic E-state index is 4.34. The number of nitrogens with zero attached hydrogens (tertiary/aromatic N) is 1. The molecule has 1 heteroatoms. The van der Waals surface area contributed by atoms with Crippen LogP contribution in [0.5, 0.6) is 0 Å². The van der Waals surface area contributed by atoms with E-state index in [1.807, 2.05) is 13.1 Å². The monoisotopic (exact) mass is 207 g/mol. The second-order valence-electron chi connectivity index (χ2n) is 4.38. The highest BCUT2D eigenvalue weighted by Crippen LogP contribution is 2.23. The van der Waals surface area contributed by atoms with E-state index in [9.17, 15) is 0 Å². The van der Waals surface area contributed by atoms with Crippen LogP contribution in [-0.4, -0.2) is 4.98 Å². The van der Waals surface area contributed by atoms with Crippen molar-refractivity contribution >= 4 is 21.5 Å². The third-order valence-corrected chi connectivity index (χ3v) is 2.97. The van der Waals surface area contributed by atoms with Gasteiger partial charge in [-0.1, -0.05) is 23.8 Å². The standard InChI is InChI=1S/C15H13N/c1-10-3-4-12-7-14-6-11(2)16-9-15(14)8-13(12)5-10/h3-9H,1-2H3. The minimum Gasteiger partial charge on any atom is -0.261 e. The van der Waals surface area contributed by atoms with Gasteiger partial charge in [0.05, 0.1) is 0 Å². The lowest BCUT2D eigenvalue weighted by Crippen LogP contribution is -1.82. The van der Waals surface area contributed by atoms with Crippen LogP contribution in [0.15, 0.2) is 42.6 Å². The molecular weight excluding hydrogens is 194 g/mol. The molecule has 78 valence electrons. The van der Waals surface area contributed by atoms with Crippen molar-refractivity contribution in [3.05, 3.63) is 53.9 Å². The number of aryl methyl sites for hydroxylation is 2. The molecule has 0 bridgehead atoms. The number of benzene rings is 2. The first kappa shape index (κ1) is 9.34. The van der Waals surface area contributed by atoms with Gasteiger partial charge in [0.1, 0.15) is 0 Å². The van der Waals surface area contributed by atoms with Crippen LogP contribution in [0.2, 0.25) is 0 Å². The van der Waals surface area contributed by atoms with E-state index < -0.39 is 0 Å². The van der Waals surface area contributed by atoms with E-state index in [-0.39, 0.29) is 0 Å². The highest BCUT2D eigenvalue weighted by Gasteiger charge is 1.99. The summed E-state index contributed by atoms with van der Waals surface area (Å²) in [6.45, 7) is 4.15. The predicted octanol–water partition coefficient (Wildman–Crippen LogP) is 4.00. The summed E-state index contributed by atoms with van der Waals surface area (Å²) in [5.41, 5.74) is 2.37. The molecule has 1 aromatic heterocycles. The Hall–Kier alpha value is -1.89. The van der Waals surface area contributed by atoms with Gasteiger partial charge in [0.2, 0.25) is 0 Å². The summed E-state index contributed by atoms with van der Waals surface area (Å²) in [7, 11) is 0. The average molecular weight is 207 g/mol. The molecule has 1 heterocycles. The summed E-state index contributed by atoms with van der Waals surface area (Å²) < 4.78 is 0. The molecule has 0 aliphatic rings. The van der Waals surface area contributed by atoms with Crippen molar-refractivity contribution < 1.29 is 0 Å². The molecular formula is C15H13N. The second kappa shape index (κ2) is 3.31. The molecule has 0 fully saturated rings. The van der Waals surface area contributed by atoms with Gasteiger partial charge in [-0.2, -0.15) is 0 Å². The van der Waals surface area contributed by atoms with Crippen LogP contribution in [0.25, 0.3) is 21.5 Å². The van der Waals surface area contributed by atoms with E-state index in [0.29, 0.717) is 0 Å². The van der Waals surface area contributed by atoms with Gasteiger partial charge in [0.15, 0.2) is 0 Å². The molecule has 16 heavy (non-hydrogen) atoms. The Bertz CT molecular complexity index is 622. The topological polar surface area (TPSA) is 12.9 Å². The molecule has 0 saturated heterocycles. The molecule has 0 saturated carbocycles. The largest absolute Gasteiger partial charge is 0.261 e. The lowest BCUT2D eigenvalue weighted by Gasteiger charge is -2.03. The van der Waals surface area contributed by atoms with Crippen LogP contribution in [0.1, 0.15) is 11.3 Å². The highest BCUT2D eigenvalue weighted by atomic mass is 14.6. The number of hydrogen-bond acceptors (Lipinski definition) is 1. The third-order valence-electron chi connectivity index (χ3n) is 2.97. The fourth-order valence-corrected chi connectivity index (χ4v) is 2.12. The Balaban J connectivity index is 2.44. The molecule has 0 aliphatic carbocycles. The van der Waals surface area contributed by atoms with Crippen molar-refractivity contribution in [1.29, 1.82) is 0 Å². The van der Waals surface area contributed by atoms with E-state index >= 15 is 0 Å². The van der Waals surface area contributed by atoms with Gasteiger partial charge >= 0.3 is 0 Å². The average Bonchev–Trinajstić information content (AvgIpc) is 2.26. The molecule has 0 spiro atoms. The Morgan fingerprint density at radius 3 is 2.38 bits per heavy atom. The quantitative estimate of drug-likeness (QED) is 0.508. The normalized spacial score (nSPS) is 11.1. The predicted molar refractivity (Wildman–Crippen MR) is 68.7 cm³/mol. The molecule has 3 aromatic rings. The van der Waals surface area contributed by atoms with Crippen LogP contribution < -0.4 is 0 Å². The first-order valence-corrected chi connectivity index (χ1v) is 5.49. The number of aromatic nitrogens is 1. The third kappa shape index (κ3) is 1.45. The Labute approximate surface area is 94.7 Å². The fraction of sp³-hybridized carbons (Fsp3) is 0.133. The van der Waals surface area contributed by atoms with E-state index in [2.05, 4.69) is 48.3 Å². The van der Waals surface area contributed by atoms with Crippen LogP contribution >= 0.6 is 0 Å². The summed E-state index contributed by atoms with van der Waals surface area (Å²) in [6, 6.07) is 13.1. The lowest BCUT2D eigenvalue weighted by molar-refractivity contribution is 1.23. The van der Waals surface area contributed by atoms with Crippen molar-refractivity contribution in [2.75, 3.05) is 0 Å². The Morgan fingerprint density at radius 2 is 1.50 bits per heavy atom. The Morgan fingerprint density at radius 1 is 0.750 bits per heavy atom. The first-order valence-electron chi connectivity index (χ1n) is 5.49. The second-order valence-corrected chi connectivity index (χ2v) is 4.38. The van der Waals surface area contributed by atoms with E-state index in [0.717, 1.165) is 5.69 Å².